The van der Waals surface area contributed by atoms with E-state index in [1.165, 1.54) is 6.34 Å². The largest absolute Gasteiger partial charge is 0.367 e. The summed E-state index contributed by atoms with van der Waals surface area (Å²) in [5, 5.41) is 10.6. The Kier molecular flexibility index (Phi) is 3.88. The molecular weight excluding hydrogens is 218 g/mol. The van der Waals surface area contributed by atoms with Crippen molar-refractivity contribution in [3.05, 3.63) is 17.5 Å². The summed E-state index contributed by atoms with van der Waals surface area (Å²) >= 11 is 0. The van der Waals surface area contributed by atoms with Crippen LogP contribution < -0.4 is 5.43 Å². The van der Waals surface area contributed by atoms with E-state index in [1.54, 1.807) is 11.0 Å². The highest BCUT2D eigenvalue weighted by Gasteiger charge is 2.18. The van der Waals surface area contributed by atoms with Crippen LogP contribution in [0.5, 0.6) is 0 Å². The SMILES string of the molecule is CN(C)C=NNC(=O)c1cc(C(C)(C)C)[nH]n1. The Labute approximate surface area is 101 Å². The predicted octanol–water partition coefficient (Wildman–Crippen LogP) is 0.942. The van der Waals surface area contributed by atoms with E-state index in [2.05, 4.69) is 20.7 Å². The maximum atomic E-state index is 11.6. The van der Waals surface area contributed by atoms with Gasteiger partial charge in [-0.1, -0.05) is 20.8 Å². The molecule has 0 spiro atoms. The van der Waals surface area contributed by atoms with Crippen LogP contribution in [-0.4, -0.2) is 41.4 Å². The minimum Gasteiger partial charge on any atom is -0.367 e. The van der Waals surface area contributed by atoms with E-state index < -0.39 is 0 Å². The molecule has 1 aromatic heterocycles. The number of rotatable bonds is 3. The number of carbonyl (C=O) groups is 1. The Balaban J connectivity index is 2.68. The van der Waals surface area contributed by atoms with Gasteiger partial charge in [-0.2, -0.15) is 10.2 Å². The molecule has 0 bridgehead atoms. The summed E-state index contributed by atoms with van der Waals surface area (Å²) in [5.74, 6) is -0.324. The molecule has 6 heteroatoms. The van der Waals surface area contributed by atoms with Gasteiger partial charge in [0.25, 0.3) is 5.91 Å². The van der Waals surface area contributed by atoms with Crippen LogP contribution in [0.15, 0.2) is 11.2 Å². The van der Waals surface area contributed by atoms with Crippen molar-refractivity contribution < 1.29 is 4.79 Å². The zero-order valence-electron chi connectivity index (χ0n) is 10.9. The van der Waals surface area contributed by atoms with Gasteiger partial charge in [0.2, 0.25) is 0 Å². The summed E-state index contributed by atoms with van der Waals surface area (Å²) in [5.41, 5.74) is 3.60. The third kappa shape index (κ3) is 3.90. The highest BCUT2D eigenvalue weighted by Crippen LogP contribution is 2.20. The fraction of sp³-hybridized carbons (Fsp3) is 0.545. The third-order valence-corrected chi connectivity index (χ3v) is 2.07. The third-order valence-electron chi connectivity index (χ3n) is 2.07. The van der Waals surface area contributed by atoms with E-state index in [-0.39, 0.29) is 11.3 Å². The highest BCUT2D eigenvalue weighted by molar-refractivity contribution is 5.92. The molecular formula is C11H19N5O. The fourth-order valence-corrected chi connectivity index (χ4v) is 1.08. The average molecular weight is 237 g/mol. The maximum absolute atomic E-state index is 11.6. The van der Waals surface area contributed by atoms with E-state index in [0.29, 0.717) is 5.69 Å². The molecule has 94 valence electrons. The van der Waals surface area contributed by atoms with Gasteiger partial charge < -0.3 is 4.90 Å². The molecule has 1 heterocycles. The number of hydrogen-bond acceptors (Lipinski definition) is 3. The lowest BCUT2D eigenvalue weighted by molar-refractivity contribution is 0.0949. The van der Waals surface area contributed by atoms with Crippen molar-refractivity contribution in [1.82, 2.24) is 20.5 Å². The second kappa shape index (κ2) is 4.99. The first-order chi connectivity index (χ1) is 7.80. The van der Waals surface area contributed by atoms with Crippen molar-refractivity contribution in [3.63, 3.8) is 0 Å². The lowest BCUT2D eigenvalue weighted by Crippen LogP contribution is -2.20. The van der Waals surface area contributed by atoms with Gasteiger partial charge >= 0.3 is 0 Å². The summed E-state index contributed by atoms with van der Waals surface area (Å²) in [4.78, 5) is 13.4. The molecule has 0 atom stereocenters. The molecule has 0 saturated heterocycles. The van der Waals surface area contributed by atoms with Crippen LogP contribution in [0.3, 0.4) is 0 Å². The Morgan fingerprint density at radius 2 is 2.18 bits per heavy atom. The van der Waals surface area contributed by atoms with Crippen molar-refractivity contribution >= 4 is 12.2 Å². The first kappa shape index (κ1) is 13.2. The van der Waals surface area contributed by atoms with Crippen LogP contribution in [0.1, 0.15) is 37.0 Å². The lowest BCUT2D eigenvalue weighted by Gasteiger charge is -2.14. The molecule has 0 aromatic carbocycles. The number of amides is 1. The summed E-state index contributed by atoms with van der Waals surface area (Å²) in [6.07, 6.45) is 1.51. The Morgan fingerprint density at radius 1 is 1.53 bits per heavy atom. The summed E-state index contributed by atoms with van der Waals surface area (Å²) in [7, 11) is 3.64. The zero-order chi connectivity index (χ0) is 13.1. The van der Waals surface area contributed by atoms with Gasteiger partial charge in [-0.05, 0) is 6.07 Å². The first-order valence-corrected chi connectivity index (χ1v) is 5.36. The van der Waals surface area contributed by atoms with Crippen molar-refractivity contribution in [2.45, 2.75) is 26.2 Å². The van der Waals surface area contributed by atoms with Crippen molar-refractivity contribution in [3.8, 4) is 0 Å². The summed E-state index contributed by atoms with van der Waals surface area (Å²) in [6, 6.07) is 1.74. The molecule has 0 saturated carbocycles. The number of aromatic amines is 1. The van der Waals surface area contributed by atoms with Crippen molar-refractivity contribution in [1.29, 1.82) is 0 Å². The second-order valence-corrected chi connectivity index (χ2v) is 5.07. The first-order valence-electron chi connectivity index (χ1n) is 5.36. The van der Waals surface area contributed by atoms with Crippen LogP contribution in [0.2, 0.25) is 0 Å². The van der Waals surface area contributed by atoms with Crippen LogP contribution in [-0.2, 0) is 5.41 Å². The number of H-pyrrole nitrogens is 1. The summed E-state index contributed by atoms with van der Waals surface area (Å²) in [6.45, 7) is 6.14. The monoisotopic (exact) mass is 237 g/mol. The molecule has 2 N–H and O–H groups in total. The molecule has 0 fully saturated rings. The molecule has 0 aliphatic rings. The van der Waals surface area contributed by atoms with Gasteiger partial charge in [0.1, 0.15) is 6.34 Å². The number of nitrogens with zero attached hydrogens (tertiary/aromatic N) is 3. The molecule has 0 radical (unpaired) electrons. The average Bonchev–Trinajstić information content (AvgIpc) is 2.64. The van der Waals surface area contributed by atoms with E-state index >= 15 is 0 Å². The Bertz CT molecular complexity index is 414. The quantitative estimate of drug-likeness (QED) is 0.467. The Morgan fingerprint density at radius 3 is 2.65 bits per heavy atom. The Hall–Kier alpha value is -1.85. The molecule has 1 aromatic rings. The molecule has 17 heavy (non-hydrogen) atoms. The molecule has 0 unspecified atom stereocenters. The van der Waals surface area contributed by atoms with Gasteiger partial charge in [0.15, 0.2) is 5.69 Å². The van der Waals surface area contributed by atoms with E-state index in [1.807, 2.05) is 34.9 Å². The molecule has 1 rings (SSSR count). The standard InChI is InChI=1S/C11H19N5O/c1-11(2,3)9-6-8(13-14-9)10(17)15-12-7-16(4)5/h6-7H,1-5H3,(H,13,14)(H,15,17). The maximum Gasteiger partial charge on any atom is 0.291 e. The fourth-order valence-electron chi connectivity index (χ4n) is 1.08. The smallest absolute Gasteiger partial charge is 0.291 e. The number of hydrogen-bond donors (Lipinski definition) is 2. The summed E-state index contributed by atoms with van der Waals surface area (Å²) < 4.78 is 0. The van der Waals surface area contributed by atoms with Crippen molar-refractivity contribution in [2.75, 3.05) is 14.1 Å². The van der Waals surface area contributed by atoms with Gasteiger partial charge in [-0.15, -0.1) is 0 Å². The van der Waals surface area contributed by atoms with Gasteiger partial charge in [0.05, 0.1) is 0 Å². The van der Waals surface area contributed by atoms with Crippen LogP contribution >= 0.6 is 0 Å². The minimum atomic E-state index is -0.324. The van der Waals surface area contributed by atoms with Crippen molar-refractivity contribution in [2.24, 2.45) is 5.10 Å². The minimum absolute atomic E-state index is 0.0571. The molecule has 0 aliphatic heterocycles. The predicted molar refractivity (Wildman–Crippen MR) is 66.9 cm³/mol. The zero-order valence-corrected chi connectivity index (χ0v) is 10.9. The van der Waals surface area contributed by atoms with Gasteiger partial charge in [-0.25, -0.2) is 5.43 Å². The topological polar surface area (TPSA) is 73.4 Å². The molecule has 1 amide bonds. The van der Waals surface area contributed by atoms with E-state index in [9.17, 15) is 4.79 Å². The normalized spacial score (nSPS) is 11.8. The van der Waals surface area contributed by atoms with E-state index in [0.717, 1.165) is 5.69 Å². The lowest BCUT2D eigenvalue weighted by atomic mass is 9.92. The van der Waals surface area contributed by atoms with E-state index in [4.69, 9.17) is 0 Å². The van der Waals surface area contributed by atoms with Crippen LogP contribution in [0, 0.1) is 0 Å². The van der Waals surface area contributed by atoms with Gasteiger partial charge in [0, 0.05) is 25.2 Å². The number of hydrazone groups is 1. The van der Waals surface area contributed by atoms with Crippen LogP contribution in [0.25, 0.3) is 0 Å². The highest BCUT2D eigenvalue weighted by atomic mass is 16.2. The molecule has 6 nitrogen and oxygen atoms in total. The number of nitrogens with one attached hydrogen (secondary N) is 2. The van der Waals surface area contributed by atoms with Gasteiger partial charge in [-0.3, -0.25) is 9.89 Å². The molecule has 0 aliphatic carbocycles. The van der Waals surface area contributed by atoms with Crippen LogP contribution in [0.4, 0.5) is 0 Å². The number of carbonyl (C=O) groups excluding carboxylic acids is 1. The number of aromatic nitrogens is 2. The second-order valence-electron chi connectivity index (χ2n) is 5.07.